The first-order chi connectivity index (χ1) is 45.8. The Morgan fingerprint density at radius 1 is 0.333 bits per heavy atom. The van der Waals surface area contributed by atoms with Gasteiger partial charge in [-0.25, -0.2) is 15.0 Å². The van der Waals surface area contributed by atoms with Crippen LogP contribution in [0.2, 0.25) is 0 Å². The van der Waals surface area contributed by atoms with Crippen molar-refractivity contribution < 1.29 is 48.0 Å². The molecule has 0 aliphatic carbocycles. The van der Waals surface area contributed by atoms with Crippen molar-refractivity contribution >= 4 is 75.1 Å². The van der Waals surface area contributed by atoms with Gasteiger partial charge in [-0.05, 0) is 47.4 Å². The Kier molecular flexibility index (Phi) is 3.45. The average molecular weight is 857 g/mol. The zero-order valence-electron chi connectivity index (χ0n) is 66.1. The largest absolute Gasteiger partial charge is 0.308 e. The van der Waals surface area contributed by atoms with Crippen molar-refractivity contribution in [1.82, 2.24) is 24.1 Å². The van der Waals surface area contributed by atoms with Crippen molar-refractivity contribution in [2.75, 3.05) is 0 Å². The second-order valence-corrected chi connectivity index (χ2v) is 14.3. The summed E-state index contributed by atoms with van der Waals surface area (Å²) in [5, 5.41) is -3.20. The lowest BCUT2D eigenvalue weighted by Crippen LogP contribution is -2.02. The van der Waals surface area contributed by atoms with Crippen molar-refractivity contribution in [2.45, 2.75) is 0 Å². The lowest BCUT2D eigenvalue weighted by molar-refractivity contribution is 1.07. The third kappa shape index (κ3) is 5.59. The molecule has 0 bridgehead atoms. The number of nitrogens with zero attached hydrogens (tertiary/aromatic N) is 5. The van der Waals surface area contributed by atoms with E-state index in [9.17, 15) is 21.9 Å². The van der Waals surface area contributed by atoms with E-state index in [0.717, 1.165) is 9.13 Å². The van der Waals surface area contributed by atoms with Gasteiger partial charge in [-0.2, -0.15) is 0 Å². The Labute approximate surface area is 415 Å². The molecule has 4 aromatic heterocycles. The molecule has 0 fully saturated rings. The van der Waals surface area contributed by atoms with Gasteiger partial charge in [0.15, 0.2) is 17.5 Å². The van der Waals surface area contributed by atoms with Crippen LogP contribution < -0.4 is 0 Å². The summed E-state index contributed by atoms with van der Waals surface area (Å²) in [6.07, 6.45) is 0. The lowest BCUT2D eigenvalue weighted by atomic mass is 10.0. The first-order valence-corrected chi connectivity index (χ1v) is 19.2. The van der Waals surface area contributed by atoms with Crippen molar-refractivity contribution in [2.24, 2.45) is 0 Å². The summed E-state index contributed by atoms with van der Waals surface area (Å²) in [7, 11) is 0. The van der Waals surface area contributed by atoms with Crippen LogP contribution in [0, 0.1) is 0 Å². The maximum absolute atomic E-state index is 9.99. The molecule has 6 heteroatoms. The summed E-state index contributed by atoms with van der Waals surface area (Å²) in [6.45, 7) is 0. The lowest BCUT2D eigenvalue weighted by Gasteiger charge is -2.13. The van der Waals surface area contributed by atoms with E-state index >= 15 is 0 Å². The molecule has 63 heavy (non-hydrogen) atoms. The zero-order valence-corrected chi connectivity index (χ0v) is 32.0. The molecule has 0 unspecified atom stereocenters. The van der Waals surface area contributed by atoms with Gasteiger partial charge in [0, 0.05) is 54.7 Å². The molecule has 294 valence electrons. The number of hydrogen-bond donors (Lipinski definition) is 0. The topological polar surface area (TPSA) is 48.5 Å². The summed E-state index contributed by atoms with van der Waals surface area (Å²) < 4.78 is 319. The van der Waals surface area contributed by atoms with Crippen LogP contribution in [0.3, 0.4) is 0 Å². The van der Waals surface area contributed by atoms with E-state index < -0.39 is 323 Å². The minimum atomic E-state index is -1.11. The van der Waals surface area contributed by atoms with Crippen LogP contribution in [-0.4, -0.2) is 24.1 Å². The Bertz CT molecular complexity index is 5820. The van der Waals surface area contributed by atoms with Gasteiger partial charge < -0.3 is 9.13 Å². The molecule has 0 aliphatic heterocycles. The second kappa shape index (κ2) is 14.2. The number of thiophene rings is 1. The molecule has 4 heterocycles. The Morgan fingerprint density at radius 2 is 0.810 bits per heavy atom. The predicted octanol–water partition coefficient (Wildman–Crippen LogP) is 15.1. The van der Waals surface area contributed by atoms with Gasteiger partial charge >= 0.3 is 0 Å². The van der Waals surface area contributed by atoms with E-state index in [1.165, 1.54) is 0 Å². The maximum atomic E-state index is 9.99. The summed E-state index contributed by atoms with van der Waals surface area (Å²) >= 11 is 0.482. The molecular formula is C57H35N5S. The number of aromatic nitrogens is 5. The smallest absolute Gasteiger partial charge is 0.166 e. The van der Waals surface area contributed by atoms with Gasteiger partial charge in [0.1, 0.15) is 0 Å². The van der Waals surface area contributed by atoms with Crippen molar-refractivity contribution in [3.63, 3.8) is 0 Å². The average Bonchev–Trinajstić information content (AvgIpc) is 1.51. The third-order valence-corrected chi connectivity index (χ3v) is 11.2. The zero-order chi connectivity index (χ0) is 71.9. The molecule has 0 amide bonds. The summed E-state index contributed by atoms with van der Waals surface area (Å²) in [5.41, 5.74) is -8.19. The summed E-state index contributed by atoms with van der Waals surface area (Å²) in [5.74, 6) is -2.99. The van der Waals surface area contributed by atoms with E-state index in [-0.39, 0.29) is 9.40 Å². The molecule has 0 saturated heterocycles. The number of benzene rings is 9. The van der Waals surface area contributed by atoms with Gasteiger partial charge in [0.2, 0.25) is 0 Å². The number of para-hydroxylation sites is 4. The predicted molar refractivity (Wildman–Crippen MR) is 263 cm³/mol. The molecule has 5 nitrogen and oxygen atoms in total. The quantitative estimate of drug-likeness (QED) is 0.167. The third-order valence-electron chi connectivity index (χ3n) is 9.95. The molecule has 0 radical (unpaired) electrons. The highest BCUT2D eigenvalue weighted by Crippen LogP contribution is 2.47. The highest BCUT2D eigenvalue weighted by molar-refractivity contribution is 7.27. The van der Waals surface area contributed by atoms with Crippen LogP contribution in [0.25, 0.3) is 120 Å². The number of fused-ring (bicyclic) bond motifs is 10. The molecule has 0 spiro atoms. The van der Waals surface area contributed by atoms with Crippen molar-refractivity contribution in [1.29, 1.82) is 0 Å². The van der Waals surface area contributed by atoms with Crippen LogP contribution in [0.4, 0.5) is 0 Å². The van der Waals surface area contributed by atoms with Crippen LogP contribution in [0.5, 0.6) is 0 Å². The van der Waals surface area contributed by atoms with Gasteiger partial charge in [-0.3, -0.25) is 0 Å². The SMILES string of the molecule is [2H]c1c([2H])c([2H])c(-c2nc(-c3c([2H])c([2H])c(-c4c([2H])c([2H])c([2H])c([2H])c4[2H])c([2H])c3[2H])nc(-c3c([2H])c([2H])c([2H])c4c5c([2H])c([2H])c6c(sc7c(-n8c9c([2H])c([2H])c([2H])c([2H])c9c9c([2H])c([2H])c([2H])c([2H])c98)c([2H])c([2H])c([2H])c76)c5n(-c5c([2H])c([2H])c([2H])c([2H])c5[2H])c34)n2)c([2H])c1[2H]. The summed E-state index contributed by atoms with van der Waals surface area (Å²) in [4.78, 5) is 13.4. The molecule has 0 N–H and O–H groups in total. The van der Waals surface area contributed by atoms with Crippen molar-refractivity contribution in [3.05, 3.63) is 211 Å². The highest BCUT2D eigenvalue weighted by atomic mass is 32.1. The maximum Gasteiger partial charge on any atom is 0.166 e. The fourth-order valence-electron chi connectivity index (χ4n) is 7.36. The molecule has 9 aromatic carbocycles. The standard InChI is InChI=1S/C57H35N5S/c1-4-16-36(17-5-1)37-30-32-39(33-31-37)56-58-55(38-18-6-2-7-19-38)59-57(60-56)47-26-14-24-43-44-34-35-46-45-25-15-29-50(62-48-27-12-10-22-41(48)42-23-11-13-28-49(42)62)53(45)63-54(46)52(44)61(51(43)47)40-20-8-3-9-21-40/h1-35H/i1D,2D,3D,4D,5D,6D,7D,8D,9D,10D,11D,12D,13D,14D,15D,16D,17D,18D,19D,20D,21D,22D,23D,24D,25D,26D,27D,28D,29D,30D,31D,32D,33D,34D,35D. The van der Waals surface area contributed by atoms with Crippen LogP contribution in [0.1, 0.15) is 48.0 Å². The Balaban J connectivity index is 1.28. The molecule has 0 saturated carbocycles. The van der Waals surface area contributed by atoms with Gasteiger partial charge in [0.25, 0.3) is 0 Å². The fourth-order valence-corrected chi connectivity index (χ4v) is 8.60. The monoisotopic (exact) mass is 856 g/mol. The Morgan fingerprint density at radius 3 is 1.51 bits per heavy atom. The highest BCUT2D eigenvalue weighted by Gasteiger charge is 2.24. The van der Waals surface area contributed by atoms with Crippen LogP contribution in [0.15, 0.2) is 211 Å². The first kappa shape index (κ1) is 15.3. The van der Waals surface area contributed by atoms with E-state index in [0.29, 0.717) is 11.3 Å². The summed E-state index contributed by atoms with van der Waals surface area (Å²) in [6, 6.07) is -33.6. The molecule has 0 atom stereocenters. The second-order valence-electron chi connectivity index (χ2n) is 13.3. The minimum absolute atomic E-state index is 0.376. The van der Waals surface area contributed by atoms with Crippen LogP contribution in [-0.2, 0) is 0 Å². The van der Waals surface area contributed by atoms with E-state index in [2.05, 4.69) is 15.0 Å². The molecule has 0 aliphatic rings. The van der Waals surface area contributed by atoms with E-state index in [1.54, 1.807) is 0 Å². The minimum Gasteiger partial charge on any atom is -0.308 e. The van der Waals surface area contributed by atoms with Crippen molar-refractivity contribution in [3.8, 4) is 56.7 Å². The fraction of sp³-hybridized carbons (Fsp3) is 0. The van der Waals surface area contributed by atoms with Gasteiger partial charge in [0.05, 0.1) is 85.1 Å². The van der Waals surface area contributed by atoms with Gasteiger partial charge in [-0.1, -0.05) is 175 Å². The molecule has 13 aromatic rings. The van der Waals surface area contributed by atoms with E-state index in [1.807, 2.05) is 0 Å². The molecule has 13 rings (SSSR count). The normalized spacial score (nSPS) is 19.6. The first-order valence-electron chi connectivity index (χ1n) is 35.8. The molecular weight excluding hydrogens is 787 g/mol. The van der Waals surface area contributed by atoms with E-state index in [4.69, 9.17) is 26.0 Å². The van der Waals surface area contributed by atoms with Crippen LogP contribution >= 0.6 is 11.3 Å². The van der Waals surface area contributed by atoms with Gasteiger partial charge in [-0.15, -0.1) is 11.3 Å². The number of hydrogen-bond acceptors (Lipinski definition) is 4. The Hall–Kier alpha value is -8.19. The number of rotatable bonds is 6.